The highest BCUT2D eigenvalue weighted by molar-refractivity contribution is 6.43. The van der Waals surface area contributed by atoms with Gasteiger partial charge in [-0.15, -0.1) is 0 Å². The van der Waals surface area contributed by atoms with E-state index in [-0.39, 0.29) is 70.7 Å². The fourth-order valence-electron chi connectivity index (χ4n) is 10.1. The van der Waals surface area contributed by atoms with Crippen LogP contribution in [-0.4, -0.2) is 62.9 Å². The summed E-state index contributed by atoms with van der Waals surface area (Å²) < 4.78 is 19.7. The first-order valence-electron chi connectivity index (χ1n) is 18.6. The van der Waals surface area contributed by atoms with Crippen LogP contribution in [0.25, 0.3) is 32.9 Å². The maximum atomic E-state index is 17.2. The van der Waals surface area contributed by atoms with Crippen molar-refractivity contribution < 1.29 is 14.0 Å². The molecule has 6 atom stereocenters. The number of nitrogens with zero attached hydrogens (tertiary/aromatic N) is 5. The standard InChI is InChI=1S/C40H39Cl2FN6O2/c1-19-27-15-31(37-24-12-25(48(37)40(51)21-9-10-21)18-47(17-24)39(50)20-7-8-20)49(36-23-14-30(36)45-16-23)38(27)28-13-22(4-3-11-44)32(34(43)35(28)46-19)26-5-2-6-29(41)33(26)42/h2,5-6,13,15,20-21,23-25,30,36-37,45H,3-4,7-10,12,14,16-18H2,1H3. The van der Waals surface area contributed by atoms with Crippen LogP contribution < -0.4 is 5.32 Å². The molecule has 2 aromatic carbocycles. The van der Waals surface area contributed by atoms with Gasteiger partial charge in [-0.3, -0.25) is 9.59 Å². The number of aromatic nitrogens is 2. The minimum Gasteiger partial charge on any atom is -0.340 e. The molecule has 0 radical (unpaired) electrons. The number of likely N-dealkylation sites (tertiary alicyclic amines) is 2. The lowest BCUT2D eigenvalue weighted by Crippen LogP contribution is -2.47. The Bertz CT molecular complexity index is 2210. The Morgan fingerprint density at radius 1 is 1.04 bits per heavy atom. The third-order valence-corrected chi connectivity index (χ3v) is 13.6. The van der Waals surface area contributed by atoms with E-state index in [2.05, 4.69) is 26.9 Å². The first-order valence-corrected chi connectivity index (χ1v) is 19.3. The molecule has 4 saturated heterocycles. The molecule has 6 heterocycles. The Kier molecular flexibility index (Phi) is 7.30. The number of nitriles is 1. The molecular formula is C40H39Cl2FN6O2. The number of hydrogen-bond donors (Lipinski definition) is 1. The Balaban J connectivity index is 1.22. The van der Waals surface area contributed by atoms with Crippen LogP contribution in [0.5, 0.6) is 0 Å². The van der Waals surface area contributed by atoms with E-state index >= 15 is 4.39 Å². The lowest BCUT2D eigenvalue weighted by molar-refractivity contribution is -0.138. The van der Waals surface area contributed by atoms with Crippen LogP contribution in [-0.2, 0) is 16.0 Å². The van der Waals surface area contributed by atoms with Gasteiger partial charge in [0.05, 0.1) is 39.8 Å². The molecule has 11 rings (SSSR count). The number of aryl methyl sites for hydroxylation is 2. The molecule has 7 fully saturated rings. The van der Waals surface area contributed by atoms with Crippen LogP contribution in [0.2, 0.25) is 10.0 Å². The maximum absolute atomic E-state index is 17.2. The summed E-state index contributed by atoms with van der Waals surface area (Å²) in [5.74, 6) is 0.698. The van der Waals surface area contributed by atoms with Gasteiger partial charge in [0, 0.05) is 83.1 Å². The van der Waals surface area contributed by atoms with Gasteiger partial charge < -0.3 is 19.7 Å². The molecule has 4 aromatic rings. The van der Waals surface area contributed by atoms with Crippen molar-refractivity contribution in [1.29, 1.82) is 5.26 Å². The van der Waals surface area contributed by atoms with Crippen molar-refractivity contribution in [2.24, 2.45) is 23.7 Å². The highest BCUT2D eigenvalue weighted by Gasteiger charge is 2.55. The lowest BCUT2D eigenvalue weighted by atomic mass is 9.79. The summed E-state index contributed by atoms with van der Waals surface area (Å²) in [7, 11) is 0. The monoisotopic (exact) mass is 724 g/mol. The van der Waals surface area contributed by atoms with E-state index < -0.39 is 5.82 Å². The van der Waals surface area contributed by atoms with Crippen LogP contribution in [0.15, 0.2) is 30.3 Å². The second-order valence-electron chi connectivity index (χ2n) is 15.9. The minimum absolute atomic E-state index is 0.0109. The minimum atomic E-state index is -0.477. The van der Waals surface area contributed by atoms with E-state index in [1.165, 1.54) is 0 Å². The Hall–Kier alpha value is -3.71. The zero-order valence-corrected chi connectivity index (χ0v) is 30.0. The van der Waals surface area contributed by atoms with Gasteiger partial charge in [-0.2, -0.15) is 5.26 Å². The molecule has 3 aliphatic carbocycles. The summed E-state index contributed by atoms with van der Waals surface area (Å²) in [6, 6.07) is 11.9. The third kappa shape index (κ3) is 4.82. The quantitative estimate of drug-likeness (QED) is 0.213. The molecule has 11 heteroatoms. The lowest BCUT2D eigenvalue weighted by Gasteiger charge is -2.40. The van der Waals surface area contributed by atoms with Crippen LogP contribution in [0.4, 0.5) is 4.39 Å². The summed E-state index contributed by atoms with van der Waals surface area (Å²) in [5, 5.41) is 15.6. The molecule has 6 unspecified atom stereocenters. The number of hydrogen-bond acceptors (Lipinski definition) is 5. The number of benzene rings is 2. The van der Waals surface area contributed by atoms with Crippen molar-refractivity contribution in [2.45, 2.75) is 82.5 Å². The predicted octanol–water partition coefficient (Wildman–Crippen LogP) is 7.52. The summed E-state index contributed by atoms with van der Waals surface area (Å²) >= 11 is 13.1. The molecule has 4 bridgehead atoms. The molecule has 4 aliphatic heterocycles. The normalized spacial score (nSPS) is 28.1. The Morgan fingerprint density at radius 3 is 2.53 bits per heavy atom. The number of amides is 2. The number of rotatable bonds is 7. The zero-order chi connectivity index (χ0) is 34.9. The number of nitrogens with one attached hydrogen (secondary N) is 1. The summed E-state index contributed by atoms with van der Waals surface area (Å²) in [4.78, 5) is 36.9. The highest BCUT2D eigenvalue weighted by atomic mass is 35.5. The Morgan fingerprint density at radius 2 is 1.82 bits per heavy atom. The third-order valence-electron chi connectivity index (χ3n) is 12.8. The maximum Gasteiger partial charge on any atom is 0.226 e. The van der Waals surface area contributed by atoms with Gasteiger partial charge in [-0.25, -0.2) is 9.37 Å². The smallest absolute Gasteiger partial charge is 0.226 e. The van der Waals surface area contributed by atoms with Crippen LogP contribution >= 0.6 is 23.2 Å². The van der Waals surface area contributed by atoms with Crippen LogP contribution in [0.3, 0.4) is 0 Å². The van der Waals surface area contributed by atoms with Gasteiger partial charge in [-0.05, 0) is 81.5 Å². The molecule has 2 aromatic heterocycles. The first-order chi connectivity index (χ1) is 24.7. The molecule has 8 nitrogen and oxygen atoms in total. The van der Waals surface area contributed by atoms with Gasteiger partial charge in [0.2, 0.25) is 11.8 Å². The average molecular weight is 726 g/mol. The highest BCUT2D eigenvalue weighted by Crippen LogP contribution is 2.54. The molecule has 3 saturated carbocycles. The predicted molar refractivity (Wildman–Crippen MR) is 194 cm³/mol. The van der Waals surface area contributed by atoms with E-state index in [9.17, 15) is 14.9 Å². The molecular weight excluding hydrogens is 686 g/mol. The fourth-order valence-corrected chi connectivity index (χ4v) is 10.5. The second kappa shape index (κ2) is 11.6. The van der Waals surface area contributed by atoms with Crippen LogP contribution in [0.1, 0.15) is 74.0 Å². The molecule has 7 aliphatic rings. The van der Waals surface area contributed by atoms with E-state index in [1.54, 1.807) is 18.2 Å². The number of carbonyl (C=O) groups excluding carboxylic acids is 2. The number of halogens is 3. The average Bonchev–Trinajstić information content (AvgIpc) is 4.01. The van der Waals surface area contributed by atoms with Crippen molar-refractivity contribution in [3.05, 3.63) is 63.1 Å². The van der Waals surface area contributed by atoms with Crippen molar-refractivity contribution in [3.8, 4) is 17.2 Å². The molecule has 1 N–H and O–H groups in total. The number of pyridine rings is 1. The zero-order valence-electron chi connectivity index (χ0n) is 28.5. The van der Waals surface area contributed by atoms with Gasteiger partial charge in [0.15, 0.2) is 5.82 Å². The number of fused-ring (bicyclic) bond motifs is 6. The van der Waals surface area contributed by atoms with E-state index in [4.69, 9.17) is 28.2 Å². The van der Waals surface area contributed by atoms with E-state index in [0.717, 1.165) is 67.4 Å². The summed E-state index contributed by atoms with van der Waals surface area (Å²) in [6.07, 6.45) is 6.26. The topological polar surface area (TPSA) is 94.3 Å². The molecule has 0 spiro atoms. The second-order valence-corrected chi connectivity index (χ2v) is 16.7. The van der Waals surface area contributed by atoms with Gasteiger partial charge in [-0.1, -0.05) is 35.3 Å². The van der Waals surface area contributed by atoms with Crippen molar-refractivity contribution in [1.82, 2.24) is 24.7 Å². The van der Waals surface area contributed by atoms with E-state index in [1.807, 2.05) is 17.9 Å². The van der Waals surface area contributed by atoms with Gasteiger partial charge in [0.1, 0.15) is 5.52 Å². The molecule has 2 amide bonds. The molecule has 51 heavy (non-hydrogen) atoms. The molecule has 262 valence electrons. The summed E-state index contributed by atoms with van der Waals surface area (Å²) in [6.45, 7) is 4.11. The van der Waals surface area contributed by atoms with Crippen molar-refractivity contribution in [3.63, 3.8) is 0 Å². The van der Waals surface area contributed by atoms with Gasteiger partial charge in [0.25, 0.3) is 0 Å². The number of piperidine rings is 1. The fraction of sp³-hybridized carbons (Fsp3) is 0.500. The van der Waals surface area contributed by atoms with Crippen molar-refractivity contribution >= 4 is 56.8 Å². The number of carbonyl (C=O) groups is 2. The SMILES string of the molecule is Cc1nc2c(F)c(-c3cccc(Cl)c3Cl)c(CCC#N)cc2c2c1cc(C1C3CC(CN(C(=O)C4CC4)C3)N1C(=O)C1CC1)n2C1C2CNC1C2. The Labute approximate surface area is 305 Å². The van der Waals surface area contributed by atoms with Crippen LogP contribution in [0, 0.1) is 47.7 Å². The van der Waals surface area contributed by atoms with Crippen molar-refractivity contribution in [2.75, 3.05) is 19.6 Å². The summed E-state index contributed by atoms with van der Waals surface area (Å²) in [5.41, 5.74) is 4.47. The van der Waals surface area contributed by atoms with E-state index in [0.29, 0.717) is 52.5 Å². The largest absolute Gasteiger partial charge is 0.340 e. The van der Waals surface area contributed by atoms with Gasteiger partial charge >= 0.3 is 0 Å². The first kappa shape index (κ1) is 32.0.